The van der Waals surface area contributed by atoms with Gasteiger partial charge in [-0.15, -0.1) is 0 Å². The predicted molar refractivity (Wildman–Crippen MR) is 131 cm³/mol. The highest BCUT2D eigenvalue weighted by atomic mass is 14.1. The molecular formula is C28H58. The van der Waals surface area contributed by atoms with Crippen LogP contribution in [0.2, 0.25) is 0 Å². The highest BCUT2D eigenvalue weighted by Crippen LogP contribution is 2.21. The number of rotatable bonds is 23. The standard InChI is InChI=1S/C28H58/c1-5-7-9-11-12-13-14-15-16-17-19-21-24-28(4)26-22-25-27(3)23-20-18-10-8-6-2/h27-28H,5-26H2,1-4H3. The molecule has 0 aromatic carbocycles. The van der Waals surface area contributed by atoms with Gasteiger partial charge in [-0.3, -0.25) is 0 Å². The Balaban J connectivity index is 3.25. The Morgan fingerprint density at radius 2 is 0.571 bits per heavy atom. The van der Waals surface area contributed by atoms with Gasteiger partial charge in [0.2, 0.25) is 0 Å². The summed E-state index contributed by atoms with van der Waals surface area (Å²) in [6.07, 6.45) is 32.2. The van der Waals surface area contributed by atoms with Gasteiger partial charge in [-0.05, 0) is 11.8 Å². The van der Waals surface area contributed by atoms with Crippen LogP contribution in [0, 0.1) is 11.8 Å². The lowest BCUT2D eigenvalue weighted by atomic mass is 9.92. The summed E-state index contributed by atoms with van der Waals surface area (Å²) in [7, 11) is 0. The molecule has 0 aliphatic heterocycles. The second-order valence-electron chi connectivity index (χ2n) is 10.0. The van der Waals surface area contributed by atoms with Crippen LogP contribution in [-0.2, 0) is 0 Å². The third kappa shape index (κ3) is 22.3. The van der Waals surface area contributed by atoms with E-state index in [0.717, 1.165) is 11.8 Å². The van der Waals surface area contributed by atoms with Crippen molar-refractivity contribution in [2.24, 2.45) is 11.8 Å². The normalized spacial score (nSPS) is 13.7. The van der Waals surface area contributed by atoms with Crippen molar-refractivity contribution < 1.29 is 0 Å². The first-order valence-electron chi connectivity index (χ1n) is 13.7. The Bertz CT molecular complexity index is 269. The molecule has 0 fully saturated rings. The van der Waals surface area contributed by atoms with Gasteiger partial charge in [0.05, 0.1) is 0 Å². The maximum Gasteiger partial charge on any atom is -0.0443 e. The van der Waals surface area contributed by atoms with Gasteiger partial charge in [-0.2, -0.15) is 0 Å². The van der Waals surface area contributed by atoms with Crippen molar-refractivity contribution in [1.29, 1.82) is 0 Å². The van der Waals surface area contributed by atoms with E-state index in [4.69, 9.17) is 0 Å². The summed E-state index contributed by atoms with van der Waals surface area (Å²) in [6.45, 7) is 9.59. The second kappa shape index (κ2) is 23.3. The van der Waals surface area contributed by atoms with Crippen molar-refractivity contribution in [2.75, 3.05) is 0 Å². The molecule has 0 amide bonds. The van der Waals surface area contributed by atoms with Crippen LogP contribution >= 0.6 is 0 Å². The Kier molecular flexibility index (Phi) is 23.3. The van der Waals surface area contributed by atoms with Gasteiger partial charge in [0.25, 0.3) is 0 Å². The zero-order chi connectivity index (χ0) is 20.7. The molecule has 0 N–H and O–H groups in total. The molecule has 0 aliphatic rings. The Labute approximate surface area is 181 Å². The maximum absolute atomic E-state index is 2.49. The van der Waals surface area contributed by atoms with Crippen molar-refractivity contribution in [1.82, 2.24) is 0 Å². The van der Waals surface area contributed by atoms with Gasteiger partial charge < -0.3 is 0 Å². The minimum Gasteiger partial charge on any atom is -0.0654 e. The molecule has 0 aromatic heterocycles. The fourth-order valence-corrected chi connectivity index (χ4v) is 4.53. The highest BCUT2D eigenvalue weighted by molar-refractivity contribution is 4.59. The zero-order valence-electron chi connectivity index (χ0n) is 20.7. The van der Waals surface area contributed by atoms with Crippen molar-refractivity contribution >= 4 is 0 Å². The summed E-state index contributed by atoms with van der Waals surface area (Å²) < 4.78 is 0. The van der Waals surface area contributed by atoms with Crippen LogP contribution in [0.5, 0.6) is 0 Å². The monoisotopic (exact) mass is 394 g/mol. The topological polar surface area (TPSA) is 0 Å². The van der Waals surface area contributed by atoms with Gasteiger partial charge >= 0.3 is 0 Å². The van der Waals surface area contributed by atoms with Crippen LogP contribution in [0.4, 0.5) is 0 Å². The predicted octanol–water partition coefficient (Wildman–Crippen LogP) is 10.9. The summed E-state index contributed by atoms with van der Waals surface area (Å²) in [6, 6.07) is 0. The zero-order valence-corrected chi connectivity index (χ0v) is 20.7. The molecule has 28 heavy (non-hydrogen) atoms. The van der Waals surface area contributed by atoms with Gasteiger partial charge in [0.15, 0.2) is 0 Å². The average Bonchev–Trinajstić information content (AvgIpc) is 2.68. The van der Waals surface area contributed by atoms with Crippen LogP contribution in [-0.4, -0.2) is 0 Å². The fourth-order valence-electron chi connectivity index (χ4n) is 4.53. The number of hydrogen-bond donors (Lipinski definition) is 0. The molecular weight excluding hydrogens is 336 g/mol. The van der Waals surface area contributed by atoms with Crippen molar-refractivity contribution in [2.45, 2.75) is 169 Å². The lowest BCUT2D eigenvalue weighted by Crippen LogP contribution is -1.99. The molecule has 0 spiro atoms. The number of unbranched alkanes of at least 4 members (excludes halogenated alkanes) is 15. The summed E-state index contributed by atoms with van der Waals surface area (Å²) in [5, 5.41) is 0. The van der Waals surface area contributed by atoms with E-state index in [-0.39, 0.29) is 0 Å². The van der Waals surface area contributed by atoms with Crippen LogP contribution in [0.15, 0.2) is 0 Å². The third-order valence-corrected chi connectivity index (χ3v) is 6.74. The van der Waals surface area contributed by atoms with Crippen molar-refractivity contribution in [3.63, 3.8) is 0 Å². The summed E-state index contributed by atoms with van der Waals surface area (Å²) in [5.41, 5.74) is 0. The van der Waals surface area contributed by atoms with E-state index in [2.05, 4.69) is 27.7 Å². The van der Waals surface area contributed by atoms with E-state index in [1.165, 1.54) is 141 Å². The molecule has 170 valence electrons. The first-order valence-corrected chi connectivity index (χ1v) is 13.7. The van der Waals surface area contributed by atoms with E-state index in [9.17, 15) is 0 Å². The molecule has 0 saturated heterocycles. The molecule has 2 unspecified atom stereocenters. The van der Waals surface area contributed by atoms with Gasteiger partial charge in [0.1, 0.15) is 0 Å². The Morgan fingerprint density at radius 3 is 0.893 bits per heavy atom. The molecule has 0 bridgehead atoms. The minimum absolute atomic E-state index is 0.958. The summed E-state index contributed by atoms with van der Waals surface area (Å²) >= 11 is 0. The Morgan fingerprint density at radius 1 is 0.321 bits per heavy atom. The first kappa shape index (κ1) is 28.0. The molecule has 0 rings (SSSR count). The summed E-state index contributed by atoms with van der Waals surface area (Å²) in [4.78, 5) is 0. The number of hydrogen-bond acceptors (Lipinski definition) is 0. The highest BCUT2D eigenvalue weighted by Gasteiger charge is 2.06. The molecule has 0 aliphatic carbocycles. The van der Waals surface area contributed by atoms with Crippen LogP contribution in [0.25, 0.3) is 0 Å². The van der Waals surface area contributed by atoms with E-state index < -0.39 is 0 Å². The fraction of sp³-hybridized carbons (Fsp3) is 1.00. The average molecular weight is 395 g/mol. The van der Waals surface area contributed by atoms with Crippen LogP contribution < -0.4 is 0 Å². The maximum atomic E-state index is 2.49. The molecule has 0 heteroatoms. The van der Waals surface area contributed by atoms with E-state index in [0.29, 0.717) is 0 Å². The lowest BCUT2D eigenvalue weighted by molar-refractivity contribution is 0.391. The largest absolute Gasteiger partial charge is 0.0654 e. The molecule has 2 atom stereocenters. The van der Waals surface area contributed by atoms with Gasteiger partial charge in [-0.1, -0.05) is 169 Å². The SMILES string of the molecule is CCCCCCCCCCCCCCC(C)CCCC(C)CCCCCCC. The van der Waals surface area contributed by atoms with Crippen molar-refractivity contribution in [3.8, 4) is 0 Å². The minimum atomic E-state index is 0.958. The van der Waals surface area contributed by atoms with Crippen molar-refractivity contribution in [3.05, 3.63) is 0 Å². The quantitative estimate of drug-likeness (QED) is 0.151. The van der Waals surface area contributed by atoms with E-state index in [1.54, 1.807) is 0 Å². The van der Waals surface area contributed by atoms with E-state index >= 15 is 0 Å². The second-order valence-corrected chi connectivity index (χ2v) is 10.0. The molecule has 0 saturated carbocycles. The first-order chi connectivity index (χ1) is 13.7. The van der Waals surface area contributed by atoms with Gasteiger partial charge in [-0.25, -0.2) is 0 Å². The lowest BCUT2D eigenvalue weighted by Gasteiger charge is -2.14. The molecule has 0 aromatic rings. The Hall–Kier alpha value is 0. The van der Waals surface area contributed by atoms with Crippen LogP contribution in [0.1, 0.15) is 169 Å². The third-order valence-electron chi connectivity index (χ3n) is 6.74. The smallest absolute Gasteiger partial charge is 0.0443 e. The van der Waals surface area contributed by atoms with E-state index in [1.807, 2.05) is 0 Å². The molecule has 0 nitrogen and oxygen atoms in total. The van der Waals surface area contributed by atoms with Gasteiger partial charge in [0, 0.05) is 0 Å². The molecule has 0 heterocycles. The molecule has 0 radical (unpaired) electrons. The summed E-state index contributed by atoms with van der Waals surface area (Å²) in [5.74, 6) is 1.92. The van der Waals surface area contributed by atoms with Crippen LogP contribution in [0.3, 0.4) is 0 Å².